The van der Waals surface area contributed by atoms with Crippen molar-refractivity contribution in [2.45, 2.75) is 0 Å². The first-order chi connectivity index (χ1) is 10.9. The average Bonchev–Trinajstić information content (AvgIpc) is 3.02. The largest absolute Gasteiger partial charge is 0.459 e. The second-order valence-corrected chi connectivity index (χ2v) is 6.10. The van der Waals surface area contributed by atoms with Gasteiger partial charge in [0.1, 0.15) is 0 Å². The van der Waals surface area contributed by atoms with Crippen LogP contribution < -0.4 is 5.32 Å². The summed E-state index contributed by atoms with van der Waals surface area (Å²) in [5.41, 5.74) is 0.133. The molecule has 6 nitrogen and oxygen atoms in total. The summed E-state index contributed by atoms with van der Waals surface area (Å²) >= 11 is 13.6. The van der Waals surface area contributed by atoms with Crippen LogP contribution in [0.15, 0.2) is 34.9 Å². The lowest BCUT2D eigenvalue weighted by Crippen LogP contribution is -2.34. The van der Waals surface area contributed by atoms with Gasteiger partial charge in [0.2, 0.25) is 0 Å². The van der Waals surface area contributed by atoms with Crippen LogP contribution in [-0.2, 0) is 9.53 Å². The van der Waals surface area contributed by atoms with Gasteiger partial charge in [-0.2, -0.15) is 0 Å². The predicted octanol–water partition coefficient (Wildman–Crippen LogP) is 3.30. The first kappa shape index (κ1) is 17.8. The van der Waals surface area contributed by atoms with Gasteiger partial charge in [-0.05, 0) is 46.9 Å². The molecule has 2 amide bonds. The molecule has 1 N–H and O–H groups in total. The Morgan fingerprint density at radius 2 is 2.00 bits per heavy atom. The van der Waals surface area contributed by atoms with Crippen molar-refractivity contribution in [3.63, 3.8) is 0 Å². The summed E-state index contributed by atoms with van der Waals surface area (Å²) in [6.07, 6.45) is 1.30. The predicted molar refractivity (Wildman–Crippen MR) is 90.6 cm³/mol. The fraction of sp³-hybridized carbons (Fsp3) is 0.0714. The lowest BCUT2D eigenvalue weighted by molar-refractivity contribution is -0.123. The molecule has 0 bridgehead atoms. The molecule has 0 spiro atoms. The fourth-order valence-corrected chi connectivity index (χ4v) is 2.57. The summed E-state index contributed by atoms with van der Waals surface area (Å²) in [7, 11) is 0. The molecule has 2 rings (SSSR count). The summed E-state index contributed by atoms with van der Waals surface area (Å²) in [6, 6.07) is 5.76. The molecule has 9 heteroatoms. The molecule has 0 fully saturated rings. The maximum absolute atomic E-state index is 12.0. The maximum Gasteiger partial charge on any atom is 0.339 e. The third-order valence-electron chi connectivity index (χ3n) is 2.55. The minimum Gasteiger partial charge on any atom is -0.459 e. The van der Waals surface area contributed by atoms with E-state index in [0.717, 1.165) is 0 Å². The number of imide groups is 1. The summed E-state index contributed by atoms with van der Waals surface area (Å²) in [5.74, 6) is -2.32. The number of nitrogens with one attached hydrogen (secondary N) is 1. The van der Waals surface area contributed by atoms with Gasteiger partial charge in [-0.15, -0.1) is 0 Å². The number of furan rings is 1. The van der Waals surface area contributed by atoms with Gasteiger partial charge in [0, 0.05) is 8.59 Å². The number of amides is 2. The van der Waals surface area contributed by atoms with Crippen LogP contribution in [0, 0.1) is 3.57 Å². The molecular formula is C14H8Cl2INO5. The van der Waals surface area contributed by atoms with Gasteiger partial charge in [0.25, 0.3) is 11.8 Å². The van der Waals surface area contributed by atoms with Crippen LogP contribution in [0.3, 0.4) is 0 Å². The van der Waals surface area contributed by atoms with Crippen molar-refractivity contribution in [1.29, 1.82) is 0 Å². The molecule has 0 unspecified atom stereocenters. The minimum absolute atomic E-state index is 0.0270. The van der Waals surface area contributed by atoms with E-state index in [1.165, 1.54) is 30.5 Å². The Labute approximate surface area is 154 Å². The van der Waals surface area contributed by atoms with E-state index >= 15 is 0 Å². The van der Waals surface area contributed by atoms with Gasteiger partial charge >= 0.3 is 5.97 Å². The summed E-state index contributed by atoms with van der Waals surface area (Å²) in [4.78, 5) is 35.1. The lowest BCUT2D eigenvalue weighted by Gasteiger charge is -2.08. The summed E-state index contributed by atoms with van der Waals surface area (Å²) in [5, 5.41) is 2.58. The quantitative estimate of drug-likeness (QED) is 0.423. The van der Waals surface area contributed by atoms with Crippen LogP contribution in [0.5, 0.6) is 0 Å². The number of hydrogen-bond acceptors (Lipinski definition) is 5. The third-order valence-corrected chi connectivity index (χ3v) is 4.54. The molecule has 120 valence electrons. The Bertz CT molecular complexity index is 761. The SMILES string of the molecule is O=C(COC(=O)c1cc(Cl)cc(Cl)c1I)NC(=O)c1ccco1. The molecule has 2 aromatic rings. The number of esters is 1. The highest BCUT2D eigenvalue weighted by Crippen LogP contribution is 2.27. The molecular weight excluding hydrogens is 460 g/mol. The molecule has 0 atom stereocenters. The highest BCUT2D eigenvalue weighted by molar-refractivity contribution is 14.1. The highest BCUT2D eigenvalue weighted by Gasteiger charge is 2.18. The van der Waals surface area contributed by atoms with E-state index in [1.807, 2.05) is 27.9 Å². The van der Waals surface area contributed by atoms with Crippen molar-refractivity contribution in [2.75, 3.05) is 6.61 Å². The van der Waals surface area contributed by atoms with Crippen molar-refractivity contribution in [3.8, 4) is 0 Å². The Hall–Kier alpha value is -1.58. The van der Waals surface area contributed by atoms with Gasteiger partial charge in [0.15, 0.2) is 12.4 Å². The van der Waals surface area contributed by atoms with Crippen LogP contribution in [0.4, 0.5) is 0 Å². The Balaban J connectivity index is 1.94. The minimum atomic E-state index is -0.789. The van der Waals surface area contributed by atoms with Gasteiger partial charge in [-0.3, -0.25) is 14.9 Å². The normalized spacial score (nSPS) is 10.2. The molecule has 0 saturated carbocycles. The number of hydrogen-bond donors (Lipinski definition) is 1. The van der Waals surface area contributed by atoms with Crippen LogP contribution in [0.1, 0.15) is 20.9 Å². The van der Waals surface area contributed by atoms with E-state index < -0.39 is 24.4 Å². The second kappa shape index (κ2) is 7.80. The maximum atomic E-state index is 12.0. The number of ether oxygens (including phenoxy) is 1. The van der Waals surface area contributed by atoms with E-state index in [0.29, 0.717) is 8.59 Å². The standard InChI is InChI=1S/C14H8Cl2INO5/c15-7-4-8(12(17)9(16)5-7)14(21)23-6-11(19)18-13(20)10-2-1-3-22-10/h1-5H,6H2,(H,18,19,20). The van der Waals surface area contributed by atoms with Gasteiger partial charge < -0.3 is 9.15 Å². The van der Waals surface area contributed by atoms with Crippen LogP contribution >= 0.6 is 45.8 Å². The van der Waals surface area contributed by atoms with Gasteiger partial charge in [0.05, 0.1) is 16.8 Å². The third kappa shape index (κ3) is 4.69. The van der Waals surface area contributed by atoms with Crippen molar-refractivity contribution in [2.24, 2.45) is 0 Å². The number of carbonyl (C=O) groups excluding carboxylic acids is 3. The van der Waals surface area contributed by atoms with Gasteiger partial charge in [-0.25, -0.2) is 4.79 Å². The monoisotopic (exact) mass is 467 g/mol. The molecule has 0 aliphatic rings. The van der Waals surface area contributed by atoms with Crippen molar-refractivity contribution in [1.82, 2.24) is 5.32 Å². The van der Waals surface area contributed by atoms with E-state index in [2.05, 4.69) is 0 Å². The zero-order valence-electron chi connectivity index (χ0n) is 11.3. The summed E-state index contributed by atoms with van der Waals surface area (Å²) in [6.45, 7) is -0.633. The molecule has 1 heterocycles. The molecule has 0 saturated heterocycles. The van der Waals surface area contributed by atoms with Crippen LogP contribution in [0.25, 0.3) is 0 Å². The van der Waals surface area contributed by atoms with E-state index in [-0.39, 0.29) is 16.3 Å². The van der Waals surface area contributed by atoms with E-state index in [9.17, 15) is 14.4 Å². The molecule has 0 aliphatic carbocycles. The Morgan fingerprint density at radius 3 is 2.65 bits per heavy atom. The molecule has 0 radical (unpaired) electrons. The van der Waals surface area contributed by atoms with Crippen molar-refractivity contribution in [3.05, 3.63) is 55.5 Å². The zero-order chi connectivity index (χ0) is 17.0. The lowest BCUT2D eigenvalue weighted by atomic mass is 10.2. The fourth-order valence-electron chi connectivity index (χ4n) is 1.55. The van der Waals surface area contributed by atoms with Crippen LogP contribution in [0.2, 0.25) is 10.0 Å². The Kier molecular flexibility index (Phi) is 6.03. The Morgan fingerprint density at radius 1 is 1.26 bits per heavy atom. The zero-order valence-corrected chi connectivity index (χ0v) is 14.9. The highest BCUT2D eigenvalue weighted by atomic mass is 127. The molecule has 1 aromatic carbocycles. The topological polar surface area (TPSA) is 85.6 Å². The number of rotatable bonds is 4. The van der Waals surface area contributed by atoms with E-state index in [4.69, 9.17) is 32.4 Å². The van der Waals surface area contributed by atoms with Crippen LogP contribution in [-0.4, -0.2) is 24.4 Å². The second-order valence-electron chi connectivity index (χ2n) is 4.18. The van der Waals surface area contributed by atoms with E-state index in [1.54, 1.807) is 0 Å². The number of benzene rings is 1. The number of halogens is 3. The first-order valence-corrected chi connectivity index (χ1v) is 7.91. The number of carbonyl (C=O) groups is 3. The van der Waals surface area contributed by atoms with Crippen molar-refractivity contribution < 1.29 is 23.5 Å². The first-order valence-electron chi connectivity index (χ1n) is 6.08. The summed E-state index contributed by atoms with van der Waals surface area (Å²) < 4.78 is 10.1. The van der Waals surface area contributed by atoms with Crippen molar-refractivity contribution >= 4 is 63.6 Å². The molecule has 1 aromatic heterocycles. The average molecular weight is 468 g/mol. The molecule has 0 aliphatic heterocycles. The van der Waals surface area contributed by atoms with Gasteiger partial charge in [-0.1, -0.05) is 23.2 Å². The molecule has 23 heavy (non-hydrogen) atoms. The smallest absolute Gasteiger partial charge is 0.339 e.